The van der Waals surface area contributed by atoms with Gasteiger partial charge >= 0.3 is 5.97 Å². The van der Waals surface area contributed by atoms with E-state index in [1.54, 1.807) is 26.5 Å². The Labute approximate surface area is 159 Å². The van der Waals surface area contributed by atoms with Gasteiger partial charge in [-0.25, -0.2) is 4.98 Å². The van der Waals surface area contributed by atoms with Crippen molar-refractivity contribution in [3.63, 3.8) is 0 Å². The maximum absolute atomic E-state index is 13.0. The summed E-state index contributed by atoms with van der Waals surface area (Å²) in [7, 11) is 1.80. The van der Waals surface area contributed by atoms with Gasteiger partial charge in [-0.05, 0) is 38.4 Å². The summed E-state index contributed by atoms with van der Waals surface area (Å²) in [4.78, 5) is 30.7. The molecule has 1 aliphatic rings. The number of rotatable bonds is 6. The van der Waals surface area contributed by atoms with Gasteiger partial charge in [0.15, 0.2) is 0 Å². The molecule has 2 N–H and O–H groups in total. The summed E-state index contributed by atoms with van der Waals surface area (Å²) in [5.41, 5.74) is 0.971. The van der Waals surface area contributed by atoms with Crippen LogP contribution in [0.2, 0.25) is 0 Å². The van der Waals surface area contributed by atoms with E-state index in [1.807, 2.05) is 46.9 Å². The molecule has 1 aliphatic heterocycles. The summed E-state index contributed by atoms with van der Waals surface area (Å²) in [6.07, 6.45) is 5.51. The van der Waals surface area contributed by atoms with Crippen molar-refractivity contribution in [3.05, 3.63) is 54.1 Å². The number of hydrogen-bond donors (Lipinski definition) is 2. The molecule has 1 saturated heterocycles. The number of nitrogens with zero attached hydrogens (tertiary/aromatic N) is 3. The number of carbonyl (C=O) groups is 2. The summed E-state index contributed by atoms with van der Waals surface area (Å²) in [5, 5.41) is 12.8. The SMILES string of the molecule is Cc1ccccc1[C@H]1[C@@H](C(=O)NCCn2ccnc2)C[C@@](C)(C(=O)O)N1C. The highest BCUT2D eigenvalue weighted by atomic mass is 16.4. The fourth-order valence-corrected chi connectivity index (χ4v) is 3.94. The van der Waals surface area contributed by atoms with Crippen molar-refractivity contribution in [1.82, 2.24) is 19.8 Å². The summed E-state index contributed by atoms with van der Waals surface area (Å²) in [6, 6.07) is 7.58. The molecule has 2 heterocycles. The molecule has 0 radical (unpaired) electrons. The molecule has 27 heavy (non-hydrogen) atoms. The number of aromatic nitrogens is 2. The fourth-order valence-electron chi connectivity index (χ4n) is 3.94. The van der Waals surface area contributed by atoms with E-state index in [0.717, 1.165) is 11.1 Å². The molecule has 7 nitrogen and oxygen atoms in total. The molecule has 2 aromatic rings. The molecular weight excluding hydrogens is 344 g/mol. The number of nitrogens with one attached hydrogen (secondary N) is 1. The third-order valence-corrected chi connectivity index (χ3v) is 5.73. The summed E-state index contributed by atoms with van der Waals surface area (Å²) < 4.78 is 1.89. The zero-order valence-electron chi connectivity index (χ0n) is 15.9. The Bertz CT molecular complexity index is 820. The highest BCUT2D eigenvalue weighted by Gasteiger charge is 2.54. The van der Waals surface area contributed by atoms with Gasteiger partial charge in [0, 0.05) is 31.5 Å². The highest BCUT2D eigenvalue weighted by Crippen LogP contribution is 2.46. The normalized spacial score (nSPS) is 25.4. The number of aliphatic carboxylic acids is 1. The van der Waals surface area contributed by atoms with Crippen molar-refractivity contribution in [3.8, 4) is 0 Å². The number of likely N-dealkylation sites (N-methyl/N-ethyl adjacent to an activating group) is 1. The minimum absolute atomic E-state index is 0.111. The lowest BCUT2D eigenvalue weighted by Gasteiger charge is -2.32. The highest BCUT2D eigenvalue weighted by molar-refractivity contribution is 5.85. The Morgan fingerprint density at radius 3 is 2.74 bits per heavy atom. The Balaban J connectivity index is 1.82. The topological polar surface area (TPSA) is 87.5 Å². The first-order valence-corrected chi connectivity index (χ1v) is 9.10. The van der Waals surface area contributed by atoms with Crippen molar-refractivity contribution < 1.29 is 14.7 Å². The van der Waals surface area contributed by atoms with Crippen molar-refractivity contribution in [2.45, 2.75) is 38.4 Å². The smallest absolute Gasteiger partial charge is 0.323 e. The predicted molar refractivity (Wildman–Crippen MR) is 101 cm³/mol. The second-order valence-corrected chi connectivity index (χ2v) is 7.39. The van der Waals surface area contributed by atoms with Crippen molar-refractivity contribution in [2.75, 3.05) is 13.6 Å². The standard InChI is InChI=1S/C20H26N4O3/c1-14-6-4-5-7-15(14)17-16(12-20(2,19(26)27)23(17)3)18(25)22-9-11-24-10-8-21-13-24/h4-8,10,13,16-17H,9,11-12H2,1-3H3,(H,22,25)(H,26,27)/t16-,17-,20-/m0/s1. The number of benzene rings is 1. The van der Waals surface area contributed by atoms with Gasteiger partial charge in [-0.1, -0.05) is 24.3 Å². The van der Waals surface area contributed by atoms with Gasteiger partial charge in [-0.3, -0.25) is 14.5 Å². The number of imidazole rings is 1. The van der Waals surface area contributed by atoms with Crippen LogP contribution in [0.1, 0.15) is 30.5 Å². The lowest BCUT2D eigenvalue weighted by Crippen LogP contribution is -2.46. The number of carboxylic acids is 1. The molecule has 144 valence electrons. The first-order valence-electron chi connectivity index (χ1n) is 9.10. The average molecular weight is 370 g/mol. The number of amides is 1. The van der Waals surface area contributed by atoms with Gasteiger partial charge in [-0.2, -0.15) is 0 Å². The van der Waals surface area contributed by atoms with E-state index in [4.69, 9.17) is 0 Å². The Hall–Kier alpha value is -2.67. The van der Waals surface area contributed by atoms with Gasteiger partial charge in [0.2, 0.25) is 5.91 Å². The Morgan fingerprint density at radius 2 is 2.11 bits per heavy atom. The molecule has 1 aromatic carbocycles. The fraction of sp³-hybridized carbons (Fsp3) is 0.450. The molecule has 0 bridgehead atoms. The van der Waals surface area contributed by atoms with Crippen molar-refractivity contribution in [2.24, 2.45) is 5.92 Å². The van der Waals surface area contributed by atoms with Crippen LogP contribution in [0.25, 0.3) is 0 Å². The maximum atomic E-state index is 13.0. The van der Waals surface area contributed by atoms with E-state index < -0.39 is 17.4 Å². The summed E-state index contributed by atoms with van der Waals surface area (Å²) >= 11 is 0. The van der Waals surface area contributed by atoms with E-state index >= 15 is 0 Å². The lowest BCUT2D eigenvalue weighted by molar-refractivity contribution is -0.148. The lowest BCUT2D eigenvalue weighted by atomic mass is 9.88. The largest absolute Gasteiger partial charge is 0.480 e. The van der Waals surface area contributed by atoms with E-state index in [0.29, 0.717) is 13.1 Å². The second-order valence-electron chi connectivity index (χ2n) is 7.39. The molecule has 3 rings (SSSR count). The van der Waals surface area contributed by atoms with Gasteiger partial charge in [0.05, 0.1) is 12.2 Å². The zero-order chi connectivity index (χ0) is 19.6. The number of likely N-dealkylation sites (tertiary alicyclic amines) is 1. The van der Waals surface area contributed by atoms with E-state index in [2.05, 4.69) is 10.3 Å². The van der Waals surface area contributed by atoms with Crippen LogP contribution in [-0.2, 0) is 16.1 Å². The number of carboxylic acid groups (broad SMARTS) is 1. The summed E-state index contributed by atoms with van der Waals surface area (Å²) in [5.74, 6) is -1.45. The van der Waals surface area contributed by atoms with Crippen LogP contribution in [0.15, 0.2) is 43.0 Å². The molecule has 0 unspecified atom stereocenters. The van der Waals surface area contributed by atoms with Crippen LogP contribution in [0.5, 0.6) is 0 Å². The van der Waals surface area contributed by atoms with E-state index in [-0.39, 0.29) is 18.4 Å². The molecule has 3 atom stereocenters. The van der Waals surface area contributed by atoms with Crippen LogP contribution in [0.4, 0.5) is 0 Å². The minimum atomic E-state index is -1.08. The maximum Gasteiger partial charge on any atom is 0.323 e. The number of aryl methyl sites for hydroxylation is 1. The molecule has 0 aliphatic carbocycles. The van der Waals surface area contributed by atoms with Crippen LogP contribution in [0, 0.1) is 12.8 Å². The van der Waals surface area contributed by atoms with Crippen LogP contribution < -0.4 is 5.32 Å². The van der Waals surface area contributed by atoms with Gasteiger partial charge in [0.25, 0.3) is 0 Å². The second kappa shape index (κ2) is 7.52. The van der Waals surface area contributed by atoms with Crippen LogP contribution in [-0.4, -0.2) is 50.6 Å². The third kappa shape index (κ3) is 3.60. The predicted octanol–water partition coefficient (Wildman–Crippen LogP) is 1.84. The van der Waals surface area contributed by atoms with Gasteiger partial charge in [0.1, 0.15) is 5.54 Å². The van der Waals surface area contributed by atoms with Crippen LogP contribution in [0.3, 0.4) is 0 Å². The summed E-state index contributed by atoms with van der Waals surface area (Å²) in [6.45, 7) is 4.78. The molecule has 7 heteroatoms. The first-order chi connectivity index (χ1) is 12.8. The molecular formula is C20H26N4O3. The Morgan fingerprint density at radius 1 is 1.37 bits per heavy atom. The van der Waals surface area contributed by atoms with Crippen molar-refractivity contribution >= 4 is 11.9 Å². The quantitative estimate of drug-likeness (QED) is 0.810. The van der Waals surface area contributed by atoms with E-state index in [1.165, 1.54) is 0 Å². The van der Waals surface area contributed by atoms with Crippen LogP contribution >= 0.6 is 0 Å². The van der Waals surface area contributed by atoms with Gasteiger partial charge < -0.3 is 15.0 Å². The molecule has 1 amide bonds. The zero-order valence-corrected chi connectivity index (χ0v) is 15.9. The monoisotopic (exact) mass is 370 g/mol. The number of hydrogen-bond acceptors (Lipinski definition) is 4. The minimum Gasteiger partial charge on any atom is -0.480 e. The van der Waals surface area contributed by atoms with Crippen molar-refractivity contribution in [1.29, 1.82) is 0 Å². The average Bonchev–Trinajstić information content (AvgIpc) is 3.23. The Kier molecular flexibility index (Phi) is 5.32. The third-order valence-electron chi connectivity index (χ3n) is 5.73. The molecule has 0 spiro atoms. The van der Waals surface area contributed by atoms with Gasteiger partial charge in [-0.15, -0.1) is 0 Å². The molecule has 1 aromatic heterocycles. The number of carbonyl (C=O) groups excluding carboxylic acids is 1. The van der Waals surface area contributed by atoms with E-state index in [9.17, 15) is 14.7 Å². The first kappa shape index (κ1) is 19.1. The molecule has 0 saturated carbocycles. The molecule has 1 fully saturated rings.